The Hall–Kier alpha value is -2.57. The van der Waals surface area contributed by atoms with Crippen LogP contribution < -0.4 is 4.72 Å². The van der Waals surface area contributed by atoms with Crippen molar-refractivity contribution < 1.29 is 26.4 Å². The van der Waals surface area contributed by atoms with Crippen LogP contribution in [0, 0.1) is 5.92 Å². The molecule has 2 heterocycles. The molecule has 9 nitrogen and oxygen atoms in total. The van der Waals surface area contributed by atoms with Gasteiger partial charge in [0, 0.05) is 38.1 Å². The van der Waals surface area contributed by atoms with Gasteiger partial charge < -0.3 is 9.64 Å². The van der Waals surface area contributed by atoms with E-state index in [1.807, 2.05) is 35.2 Å². The van der Waals surface area contributed by atoms with Gasteiger partial charge in [-0.3, -0.25) is 4.79 Å². The van der Waals surface area contributed by atoms with Crippen molar-refractivity contribution in [2.45, 2.75) is 23.7 Å². The van der Waals surface area contributed by atoms with E-state index in [1.165, 1.54) is 4.31 Å². The molecule has 0 spiro atoms. The average Bonchev–Trinajstić information content (AvgIpc) is 3.42. The molecule has 1 amide bonds. The van der Waals surface area contributed by atoms with Crippen LogP contribution in [-0.4, -0.2) is 77.9 Å². The second-order valence-corrected chi connectivity index (χ2v) is 13.0. The van der Waals surface area contributed by atoms with Gasteiger partial charge in [0.05, 0.1) is 24.0 Å². The van der Waals surface area contributed by atoms with Crippen molar-refractivity contribution in [3.8, 4) is 0 Å². The molecule has 2 fully saturated rings. The van der Waals surface area contributed by atoms with Crippen LogP contribution in [0.4, 0.5) is 0 Å². The van der Waals surface area contributed by atoms with Crippen LogP contribution in [0.15, 0.2) is 71.5 Å². The van der Waals surface area contributed by atoms with Gasteiger partial charge in [-0.25, -0.2) is 21.6 Å². The Morgan fingerprint density at radius 1 is 1.03 bits per heavy atom. The van der Waals surface area contributed by atoms with Crippen LogP contribution in [-0.2, 0) is 36.0 Å². The van der Waals surface area contributed by atoms with E-state index < -0.39 is 26.0 Å². The second-order valence-electron chi connectivity index (χ2n) is 9.33. The lowest BCUT2D eigenvalue weighted by Gasteiger charge is -2.31. The van der Waals surface area contributed by atoms with E-state index in [2.05, 4.69) is 11.3 Å². The topological polar surface area (TPSA) is 113 Å². The summed E-state index contributed by atoms with van der Waals surface area (Å²) in [5, 5.41) is 0.840. The summed E-state index contributed by atoms with van der Waals surface area (Å²) >= 11 is 0. The lowest BCUT2D eigenvalue weighted by Crippen LogP contribution is -2.43. The molecule has 37 heavy (non-hydrogen) atoms. The molecule has 2 atom stereocenters. The SMILES string of the molecule is C=CS(=O)(=O)NC[C@H]1CCN(S(=O)(=O)c2ccc([C@H](Cc3ccccc3)C(=O)N3CCOCC3)cc2)C1. The molecule has 0 unspecified atom stereocenters. The van der Waals surface area contributed by atoms with Gasteiger partial charge in [-0.1, -0.05) is 49.0 Å². The molecule has 4 rings (SSSR count). The number of hydrogen-bond acceptors (Lipinski definition) is 6. The number of rotatable bonds is 10. The van der Waals surface area contributed by atoms with Crippen LogP contribution in [0.3, 0.4) is 0 Å². The highest BCUT2D eigenvalue weighted by molar-refractivity contribution is 7.92. The van der Waals surface area contributed by atoms with Crippen LogP contribution in [0.5, 0.6) is 0 Å². The Morgan fingerprint density at radius 2 is 1.70 bits per heavy atom. The molecule has 11 heteroatoms. The zero-order chi connectivity index (χ0) is 26.5. The summed E-state index contributed by atoms with van der Waals surface area (Å²) in [5.74, 6) is -0.552. The lowest BCUT2D eigenvalue weighted by molar-refractivity contribution is -0.136. The molecule has 2 saturated heterocycles. The fourth-order valence-electron chi connectivity index (χ4n) is 4.70. The zero-order valence-electron chi connectivity index (χ0n) is 20.7. The van der Waals surface area contributed by atoms with Crippen molar-refractivity contribution in [1.82, 2.24) is 13.9 Å². The molecular weight excluding hydrogens is 514 g/mol. The zero-order valence-corrected chi connectivity index (χ0v) is 22.3. The van der Waals surface area contributed by atoms with E-state index >= 15 is 0 Å². The van der Waals surface area contributed by atoms with Gasteiger partial charge in [-0.15, -0.1) is 0 Å². The first-order chi connectivity index (χ1) is 17.7. The molecule has 2 aliphatic rings. The quantitative estimate of drug-likeness (QED) is 0.487. The van der Waals surface area contributed by atoms with Gasteiger partial charge in [0.15, 0.2) is 0 Å². The van der Waals surface area contributed by atoms with Crippen molar-refractivity contribution in [2.75, 3.05) is 45.9 Å². The number of morpholine rings is 1. The summed E-state index contributed by atoms with van der Waals surface area (Å²) in [6.07, 6.45) is 1.07. The van der Waals surface area contributed by atoms with Crippen molar-refractivity contribution in [3.63, 3.8) is 0 Å². The highest BCUT2D eigenvalue weighted by Crippen LogP contribution is 2.28. The highest BCUT2D eigenvalue weighted by atomic mass is 32.2. The molecule has 0 aliphatic carbocycles. The van der Waals surface area contributed by atoms with Crippen LogP contribution in [0.2, 0.25) is 0 Å². The number of nitrogens with zero attached hydrogens (tertiary/aromatic N) is 2. The minimum atomic E-state index is -3.75. The summed E-state index contributed by atoms with van der Waals surface area (Å²) in [7, 11) is -7.30. The first kappa shape index (κ1) is 27.5. The maximum absolute atomic E-state index is 13.5. The van der Waals surface area contributed by atoms with Crippen molar-refractivity contribution in [3.05, 3.63) is 77.7 Å². The first-order valence-electron chi connectivity index (χ1n) is 12.3. The van der Waals surface area contributed by atoms with Gasteiger partial charge >= 0.3 is 0 Å². The number of carbonyl (C=O) groups excluding carboxylic acids is 1. The summed E-state index contributed by atoms with van der Waals surface area (Å²) in [4.78, 5) is 15.4. The fourth-order valence-corrected chi connectivity index (χ4v) is 6.81. The molecule has 200 valence electrons. The summed E-state index contributed by atoms with van der Waals surface area (Å²) in [6.45, 7) is 6.06. The van der Waals surface area contributed by atoms with E-state index in [0.717, 1.165) is 16.5 Å². The van der Waals surface area contributed by atoms with Gasteiger partial charge in [-0.2, -0.15) is 4.31 Å². The number of sulfonamides is 2. The molecule has 0 saturated carbocycles. The maximum atomic E-state index is 13.5. The molecule has 2 aromatic carbocycles. The molecule has 0 radical (unpaired) electrons. The van der Waals surface area contributed by atoms with E-state index in [1.54, 1.807) is 24.3 Å². The number of ether oxygens (including phenoxy) is 1. The van der Waals surface area contributed by atoms with Gasteiger partial charge in [0.25, 0.3) is 0 Å². The van der Waals surface area contributed by atoms with Crippen molar-refractivity contribution in [1.29, 1.82) is 0 Å². The number of amides is 1. The minimum Gasteiger partial charge on any atom is -0.378 e. The predicted octanol–water partition coefficient (Wildman–Crippen LogP) is 1.95. The predicted molar refractivity (Wildman–Crippen MR) is 141 cm³/mol. The Morgan fingerprint density at radius 3 is 2.35 bits per heavy atom. The summed E-state index contributed by atoms with van der Waals surface area (Å²) in [6, 6.07) is 16.3. The third-order valence-corrected chi connectivity index (χ3v) is 9.75. The standard InChI is InChI=1S/C26H33N3O6S2/c1-2-36(31,32)27-19-22-12-13-29(20-22)37(33,34)24-10-8-23(9-11-24)25(18-21-6-4-3-5-7-21)26(30)28-14-16-35-17-15-28/h2-11,22,25,27H,1,12-20H2/t22-,25+/m1/s1. The number of hydrogen-bond donors (Lipinski definition) is 1. The summed E-state index contributed by atoms with van der Waals surface area (Å²) < 4.78 is 59.0. The van der Waals surface area contributed by atoms with Gasteiger partial charge in [-0.05, 0) is 42.0 Å². The Bertz CT molecular complexity index is 1290. The molecular formula is C26H33N3O6S2. The largest absolute Gasteiger partial charge is 0.378 e. The molecule has 0 aromatic heterocycles. The van der Waals surface area contributed by atoms with Crippen LogP contribution in [0.1, 0.15) is 23.5 Å². The first-order valence-corrected chi connectivity index (χ1v) is 15.3. The van der Waals surface area contributed by atoms with Gasteiger partial charge in [0.2, 0.25) is 26.0 Å². The molecule has 0 bridgehead atoms. The Kier molecular flexibility index (Phi) is 8.81. The maximum Gasteiger partial charge on any atom is 0.243 e. The number of nitrogens with one attached hydrogen (secondary N) is 1. The minimum absolute atomic E-state index is 0.00659. The normalized spacial score (nSPS) is 20.0. The van der Waals surface area contributed by atoms with E-state index in [-0.39, 0.29) is 29.8 Å². The summed E-state index contributed by atoms with van der Waals surface area (Å²) in [5.41, 5.74) is 1.79. The monoisotopic (exact) mass is 547 g/mol. The number of benzene rings is 2. The van der Waals surface area contributed by atoms with Crippen LogP contribution >= 0.6 is 0 Å². The van der Waals surface area contributed by atoms with E-state index in [0.29, 0.717) is 45.7 Å². The third-order valence-electron chi connectivity index (χ3n) is 6.86. The Labute approximate surface area is 219 Å². The average molecular weight is 548 g/mol. The highest BCUT2D eigenvalue weighted by Gasteiger charge is 2.33. The molecule has 2 aromatic rings. The van der Waals surface area contributed by atoms with Crippen molar-refractivity contribution >= 4 is 26.0 Å². The third kappa shape index (κ3) is 6.85. The second kappa shape index (κ2) is 11.9. The number of carbonyl (C=O) groups is 1. The van der Waals surface area contributed by atoms with Crippen LogP contribution in [0.25, 0.3) is 0 Å². The van der Waals surface area contributed by atoms with Gasteiger partial charge in [0.1, 0.15) is 0 Å². The Balaban J connectivity index is 1.49. The molecule has 1 N–H and O–H groups in total. The fraction of sp³-hybridized carbons (Fsp3) is 0.423. The van der Waals surface area contributed by atoms with E-state index in [4.69, 9.17) is 4.74 Å². The van der Waals surface area contributed by atoms with Crippen molar-refractivity contribution in [2.24, 2.45) is 5.92 Å². The van der Waals surface area contributed by atoms with E-state index in [9.17, 15) is 21.6 Å². The lowest BCUT2D eigenvalue weighted by atomic mass is 9.90. The smallest absolute Gasteiger partial charge is 0.243 e. The molecule has 2 aliphatic heterocycles.